The molecule has 1 aliphatic rings. The van der Waals surface area contributed by atoms with Crippen molar-refractivity contribution in [1.82, 2.24) is 19.5 Å². The molecule has 0 atom stereocenters. The lowest BCUT2D eigenvalue weighted by Gasteiger charge is -2.27. The van der Waals surface area contributed by atoms with E-state index in [9.17, 15) is 0 Å². The maximum atomic E-state index is 4.94. The minimum absolute atomic E-state index is 0.922. The highest BCUT2D eigenvalue weighted by molar-refractivity contribution is 6.22. The minimum Gasteiger partial charge on any atom is -0.315 e. The van der Waals surface area contributed by atoms with Gasteiger partial charge in [0.25, 0.3) is 0 Å². The summed E-state index contributed by atoms with van der Waals surface area (Å²) in [5.74, 6) is 0. The maximum absolute atomic E-state index is 4.94. The number of aromatic nitrogens is 4. The molecule has 9 rings (SSSR count). The second-order valence-electron chi connectivity index (χ2n) is 10.2. The third-order valence-corrected chi connectivity index (χ3v) is 8.06. The van der Waals surface area contributed by atoms with Gasteiger partial charge < -0.3 is 9.47 Å². The fourth-order valence-corrected chi connectivity index (χ4v) is 6.37. The number of hydrogen-bond acceptors (Lipinski definition) is 4. The summed E-state index contributed by atoms with van der Waals surface area (Å²) in [6.45, 7) is 0. The van der Waals surface area contributed by atoms with Crippen molar-refractivity contribution in [2.24, 2.45) is 0 Å². The van der Waals surface area contributed by atoms with Crippen molar-refractivity contribution in [3.8, 4) is 5.69 Å². The van der Waals surface area contributed by atoms with Crippen LogP contribution in [0.15, 0.2) is 122 Å². The van der Waals surface area contributed by atoms with Crippen LogP contribution in [0.2, 0.25) is 0 Å². The van der Waals surface area contributed by atoms with Gasteiger partial charge in [-0.1, -0.05) is 48.5 Å². The van der Waals surface area contributed by atoms with E-state index in [0.29, 0.717) is 0 Å². The Labute approximate surface area is 229 Å². The van der Waals surface area contributed by atoms with Crippen LogP contribution in [-0.2, 0) is 0 Å². The number of anilines is 2. The lowest BCUT2D eigenvalue weighted by molar-refractivity contribution is 1.16. The summed E-state index contributed by atoms with van der Waals surface area (Å²) in [6.07, 6.45) is 11.9. The number of pyridine rings is 3. The van der Waals surface area contributed by atoms with Gasteiger partial charge in [0.2, 0.25) is 0 Å². The summed E-state index contributed by atoms with van der Waals surface area (Å²) in [6, 6.07) is 32.2. The van der Waals surface area contributed by atoms with E-state index in [1.54, 1.807) is 0 Å². The van der Waals surface area contributed by atoms with E-state index in [4.69, 9.17) is 4.98 Å². The van der Waals surface area contributed by atoms with Gasteiger partial charge in [0.15, 0.2) is 0 Å². The van der Waals surface area contributed by atoms with Gasteiger partial charge >= 0.3 is 0 Å². The van der Waals surface area contributed by atoms with E-state index in [2.05, 4.69) is 111 Å². The number of fused-ring (bicyclic) bond motifs is 7. The predicted molar refractivity (Wildman–Crippen MR) is 164 cm³/mol. The van der Waals surface area contributed by atoms with Gasteiger partial charge in [-0.05, 0) is 59.5 Å². The Balaban J connectivity index is 1.36. The lowest BCUT2D eigenvalue weighted by Crippen LogP contribution is -2.12. The number of para-hydroxylation sites is 1. The maximum Gasteiger partial charge on any atom is 0.0966 e. The first-order valence-corrected chi connectivity index (χ1v) is 13.4. The molecule has 0 spiro atoms. The van der Waals surface area contributed by atoms with Crippen molar-refractivity contribution >= 4 is 71.8 Å². The Morgan fingerprint density at radius 1 is 0.575 bits per heavy atom. The molecule has 0 unspecified atom stereocenters. The number of rotatable bonds is 2. The van der Waals surface area contributed by atoms with Gasteiger partial charge in [0, 0.05) is 45.5 Å². The molecule has 0 saturated carbocycles. The van der Waals surface area contributed by atoms with Gasteiger partial charge in [-0.2, -0.15) is 0 Å². The Morgan fingerprint density at radius 3 is 2.40 bits per heavy atom. The Morgan fingerprint density at radius 2 is 1.45 bits per heavy atom. The van der Waals surface area contributed by atoms with E-state index in [1.807, 2.05) is 36.9 Å². The van der Waals surface area contributed by atoms with Crippen molar-refractivity contribution in [3.63, 3.8) is 0 Å². The summed E-state index contributed by atoms with van der Waals surface area (Å²) in [5, 5.41) is 7.10. The number of nitrogens with zero attached hydrogens (tertiary/aromatic N) is 5. The van der Waals surface area contributed by atoms with Crippen LogP contribution in [0.1, 0.15) is 5.56 Å². The first kappa shape index (κ1) is 21.4. The van der Waals surface area contributed by atoms with Crippen LogP contribution in [0.25, 0.3) is 66.1 Å². The summed E-state index contributed by atoms with van der Waals surface area (Å²) >= 11 is 0. The molecule has 0 fully saturated rings. The molecular formula is C35H21N5. The summed E-state index contributed by atoms with van der Waals surface area (Å²) in [4.78, 5) is 16.1. The van der Waals surface area contributed by atoms with Crippen LogP contribution in [-0.4, -0.2) is 19.5 Å². The van der Waals surface area contributed by atoms with Crippen LogP contribution >= 0.6 is 0 Å². The van der Waals surface area contributed by atoms with Crippen LogP contribution in [0.3, 0.4) is 0 Å². The van der Waals surface area contributed by atoms with E-state index in [-0.39, 0.29) is 0 Å². The van der Waals surface area contributed by atoms with Crippen molar-refractivity contribution < 1.29 is 0 Å². The zero-order valence-corrected chi connectivity index (χ0v) is 21.4. The summed E-state index contributed by atoms with van der Waals surface area (Å²) < 4.78 is 2.35. The molecule has 0 bridgehead atoms. The largest absolute Gasteiger partial charge is 0.315 e. The van der Waals surface area contributed by atoms with E-state index in [1.165, 1.54) is 32.6 Å². The van der Waals surface area contributed by atoms with Crippen molar-refractivity contribution in [1.29, 1.82) is 0 Å². The molecule has 5 heterocycles. The van der Waals surface area contributed by atoms with Gasteiger partial charge in [0.05, 0.1) is 51.5 Å². The van der Waals surface area contributed by atoms with Gasteiger partial charge in [-0.25, -0.2) is 0 Å². The number of hydrogen-bond donors (Lipinski definition) is 0. The second kappa shape index (κ2) is 7.98. The molecule has 186 valence electrons. The average molecular weight is 512 g/mol. The minimum atomic E-state index is 0.922. The third kappa shape index (κ3) is 2.89. The molecule has 0 saturated heterocycles. The lowest BCUT2D eigenvalue weighted by atomic mass is 9.94. The topological polar surface area (TPSA) is 46.8 Å². The van der Waals surface area contributed by atoms with Crippen LogP contribution in [0.5, 0.6) is 0 Å². The van der Waals surface area contributed by atoms with E-state index < -0.39 is 0 Å². The van der Waals surface area contributed by atoms with Gasteiger partial charge in [-0.3, -0.25) is 15.0 Å². The van der Waals surface area contributed by atoms with Crippen LogP contribution in [0, 0.1) is 0 Å². The zero-order chi connectivity index (χ0) is 26.2. The molecular weight excluding hydrogens is 490 g/mol. The molecule has 4 aromatic carbocycles. The Kier molecular flexibility index (Phi) is 4.27. The molecule has 8 aromatic rings. The molecule has 4 aromatic heterocycles. The second-order valence-corrected chi connectivity index (χ2v) is 10.2. The highest BCUT2D eigenvalue weighted by Gasteiger charge is 2.23. The van der Waals surface area contributed by atoms with Crippen molar-refractivity contribution in [3.05, 3.63) is 128 Å². The first-order valence-electron chi connectivity index (χ1n) is 13.4. The molecule has 40 heavy (non-hydrogen) atoms. The average Bonchev–Trinajstić information content (AvgIpc) is 3.35. The molecule has 1 aliphatic heterocycles. The first-order chi connectivity index (χ1) is 19.8. The fourth-order valence-electron chi connectivity index (χ4n) is 6.37. The highest BCUT2D eigenvalue weighted by Crippen LogP contribution is 2.45. The monoisotopic (exact) mass is 511 g/mol. The molecule has 5 nitrogen and oxygen atoms in total. The molecule has 0 radical (unpaired) electrons. The molecule has 0 aliphatic carbocycles. The van der Waals surface area contributed by atoms with Crippen molar-refractivity contribution in [2.75, 3.05) is 4.90 Å². The predicted octanol–water partition coefficient (Wildman–Crippen LogP) is 8.55. The third-order valence-electron chi connectivity index (χ3n) is 8.06. The van der Waals surface area contributed by atoms with E-state index in [0.717, 1.165) is 44.4 Å². The quantitative estimate of drug-likeness (QED) is 0.218. The summed E-state index contributed by atoms with van der Waals surface area (Å²) in [5.41, 5.74) is 8.66. The highest BCUT2D eigenvalue weighted by atomic mass is 15.1. The molecule has 0 N–H and O–H groups in total. The fraction of sp³-hybridized carbons (Fsp3) is 0. The van der Waals surface area contributed by atoms with Gasteiger partial charge in [0.1, 0.15) is 0 Å². The Hall–Kier alpha value is -5.55. The smallest absolute Gasteiger partial charge is 0.0966 e. The summed E-state index contributed by atoms with van der Waals surface area (Å²) in [7, 11) is 0. The van der Waals surface area contributed by atoms with Crippen LogP contribution < -0.4 is 4.90 Å². The van der Waals surface area contributed by atoms with Crippen LogP contribution in [0.4, 0.5) is 11.4 Å². The van der Waals surface area contributed by atoms with Gasteiger partial charge in [-0.15, -0.1) is 0 Å². The standard InChI is InChI=1S/C35H21N5/c1-2-10-29-27(9-1)33-28-14-17-39(25-8-5-15-36-20-25)30-11-3-6-23(32(28)30)19-31(33)40(29)26-18-24-13-12-22-7-4-16-37-34(22)35(24)38-21-26/h1-21H. The van der Waals surface area contributed by atoms with Crippen molar-refractivity contribution in [2.45, 2.75) is 0 Å². The number of benzene rings is 4. The molecule has 5 heteroatoms. The normalized spacial score (nSPS) is 12.8. The van der Waals surface area contributed by atoms with E-state index >= 15 is 0 Å². The zero-order valence-electron chi connectivity index (χ0n) is 21.4. The SMILES string of the molecule is C1=CN(c2cccnc2)c2cccc3cc4c(c1c23)c1ccccc1n4-c1cnc2c(ccc3cccnc32)c1. The Bertz CT molecular complexity index is 2330. The molecule has 0 amide bonds.